The molecule has 0 radical (unpaired) electrons. The molecule has 7 heteroatoms. The van der Waals surface area contributed by atoms with E-state index in [1.807, 2.05) is 6.07 Å². The Morgan fingerprint density at radius 2 is 1.60 bits per heavy atom. The minimum atomic E-state index is -4.08. The second-order valence-electron chi connectivity index (χ2n) is 7.52. The number of hydrogen-bond donors (Lipinski definition) is 1. The van der Waals surface area contributed by atoms with Crippen molar-refractivity contribution in [3.63, 3.8) is 0 Å². The van der Waals surface area contributed by atoms with E-state index in [0.717, 1.165) is 19.4 Å². The van der Waals surface area contributed by atoms with Gasteiger partial charge in [0.25, 0.3) is 0 Å². The Labute approximate surface area is 149 Å². The Kier molecular flexibility index (Phi) is 6.39. The summed E-state index contributed by atoms with van der Waals surface area (Å²) >= 11 is 0. The minimum absolute atomic E-state index is 0.157. The third-order valence-electron chi connectivity index (χ3n) is 3.78. The molecule has 0 saturated carbocycles. The number of rotatable bonds is 7. The molecule has 0 aromatic heterocycles. The van der Waals surface area contributed by atoms with Gasteiger partial charge in [-0.3, -0.25) is 9.59 Å². The molecule has 0 fully saturated rings. The molecule has 0 aliphatic rings. The van der Waals surface area contributed by atoms with Crippen molar-refractivity contribution in [2.75, 3.05) is 5.75 Å². The number of carboxylic acid groups (broad SMARTS) is 1. The predicted molar refractivity (Wildman–Crippen MR) is 95.0 cm³/mol. The van der Waals surface area contributed by atoms with Gasteiger partial charge >= 0.3 is 11.9 Å². The molecule has 1 N–H and O–H groups in total. The first kappa shape index (κ1) is 21.2. The lowest BCUT2D eigenvalue weighted by Gasteiger charge is -2.26. The molecule has 1 rings (SSSR count). The number of carbonyl (C=O) groups excluding carboxylic acids is 1. The van der Waals surface area contributed by atoms with Gasteiger partial charge in [-0.15, -0.1) is 0 Å². The van der Waals surface area contributed by atoms with Crippen molar-refractivity contribution in [2.24, 2.45) is 5.92 Å². The van der Waals surface area contributed by atoms with E-state index >= 15 is 0 Å². The van der Waals surface area contributed by atoms with Gasteiger partial charge in [0.15, 0.2) is 14.6 Å². The Morgan fingerprint density at radius 3 is 2.04 bits per heavy atom. The number of carbonyl (C=O) groups is 2. The van der Waals surface area contributed by atoms with Crippen molar-refractivity contribution in [3.05, 3.63) is 35.9 Å². The minimum Gasteiger partial charge on any atom is -0.480 e. The lowest BCUT2D eigenvalue weighted by atomic mass is 10.0. The number of esters is 1. The lowest BCUT2D eigenvalue weighted by molar-refractivity contribution is -0.159. The highest BCUT2D eigenvalue weighted by Crippen LogP contribution is 2.24. The van der Waals surface area contributed by atoms with Crippen LogP contribution in [0.5, 0.6) is 0 Å². The zero-order valence-electron chi connectivity index (χ0n) is 15.3. The van der Waals surface area contributed by atoms with Crippen LogP contribution >= 0.6 is 0 Å². The highest BCUT2D eigenvalue weighted by atomic mass is 32.2. The fourth-order valence-electron chi connectivity index (χ4n) is 2.10. The van der Waals surface area contributed by atoms with E-state index in [1.54, 1.807) is 45.0 Å². The number of sulfone groups is 1. The van der Waals surface area contributed by atoms with E-state index in [4.69, 9.17) is 4.74 Å². The number of ether oxygens (including phenoxy) is 1. The Morgan fingerprint density at radius 1 is 1.08 bits per heavy atom. The van der Waals surface area contributed by atoms with Gasteiger partial charge in [-0.2, -0.15) is 0 Å². The van der Waals surface area contributed by atoms with Crippen molar-refractivity contribution >= 4 is 21.8 Å². The van der Waals surface area contributed by atoms with E-state index in [1.165, 1.54) is 0 Å². The topological polar surface area (TPSA) is 97.7 Å². The molecule has 1 atom stereocenters. The van der Waals surface area contributed by atoms with Crippen LogP contribution in [-0.4, -0.2) is 41.6 Å². The van der Waals surface area contributed by atoms with Crippen LogP contribution in [-0.2, 0) is 30.6 Å². The summed E-state index contributed by atoms with van der Waals surface area (Å²) < 4.78 is 28.5. The van der Waals surface area contributed by atoms with E-state index < -0.39 is 43.8 Å². The van der Waals surface area contributed by atoms with Crippen LogP contribution in [0.2, 0.25) is 0 Å². The molecule has 140 valence electrons. The lowest BCUT2D eigenvalue weighted by Crippen LogP contribution is -2.45. The predicted octanol–water partition coefficient (Wildman–Crippen LogP) is 2.46. The summed E-state index contributed by atoms with van der Waals surface area (Å²) in [5, 5.41) is 9.21. The summed E-state index contributed by atoms with van der Waals surface area (Å²) in [5.41, 5.74) is 0.0136. The zero-order valence-corrected chi connectivity index (χ0v) is 16.1. The van der Waals surface area contributed by atoms with Crippen molar-refractivity contribution < 1.29 is 27.9 Å². The van der Waals surface area contributed by atoms with Crippen LogP contribution in [0.1, 0.15) is 40.2 Å². The number of aliphatic carboxylic acids is 1. The van der Waals surface area contributed by atoms with Crippen LogP contribution in [0.25, 0.3) is 0 Å². The number of carboxylic acids is 1. The molecule has 0 aliphatic heterocycles. The highest BCUT2D eigenvalue weighted by Gasteiger charge is 2.44. The number of benzene rings is 1. The van der Waals surface area contributed by atoms with E-state index in [9.17, 15) is 23.1 Å². The molecule has 0 bridgehead atoms. The van der Waals surface area contributed by atoms with Crippen molar-refractivity contribution in [3.8, 4) is 0 Å². The molecule has 0 aliphatic carbocycles. The molecule has 0 saturated heterocycles. The smallest absolute Gasteiger partial charge is 0.324 e. The molecule has 1 aromatic rings. The summed E-state index contributed by atoms with van der Waals surface area (Å²) in [6.07, 6.45) is 0.157. The molecule has 6 nitrogen and oxygen atoms in total. The SMILES string of the molecule is CC(C)(C)OC(=O)C(Cc1ccccc1)CS(=O)(=O)C(C)(C)C(=O)O. The standard InChI is InChI=1S/C18H26O6S/c1-17(2,3)24-15(19)14(11-13-9-7-6-8-10-13)12-25(22,23)18(4,5)16(20)21/h6-10,14H,11-12H2,1-5H3,(H,20,21). The monoisotopic (exact) mass is 370 g/mol. The average Bonchev–Trinajstić information content (AvgIpc) is 2.45. The highest BCUT2D eigenvalue weighted by molar-refractivity contribution is 7.93. The summed E-state index contributed by atoms with van der Waals surface area (Å²) in [5.74, 6) is -3.67. The van der Waals surface area contributed by atoms with Crippen molar-refractivity contribution in [1.82, 2.24) is 0 Å². The average molecular weight is 370 g/mol. The largest absolute Gasteiger partial charge is 0.480 e. The first-order chi connectivity index (χ1) is 11.3. The summed E-state index contributed by atoms with van der Waals surface area (Å²) in [4.78, 5) is 23.8. The second-order valence-corrected chi connectivity index (χ2v) is 10.1. The third-order valence-corrected chi connectivity index (χ3v) is 6.35. The van der Waals surface area contributed by atoms with Crippen LogP contribution in [0, 0.1) is 5.92 Å². The van der Waals surface area contributed by atoms with Crippen LogP contribution in [0.4, 0.5) is 0 Å². The van der Waals surface area contributed by atoms with Gasteiger partial charge in [0.1, 0.15) is 5.60 Å². The maximum absolute atomic E-state index is 12.6. The van der Waals surface area contributed by atoms with Crippen molar-refractivity contribution in [1.29, 1.82) is 0 Å². The number of hydrogen-bond acceptors (Lipinski definition) is 5. The Balaban J connectivity index is 3.14. The van der Waals surface area contributed by atoms with E-state index in [-0.39, 0.29) is 6.42 Å². The summed E-state index contributed by atoms with van der Waals surface area (Å²) in [7, 11) is -4.08. The molecule has 0 heterocycles. The van der Waals surface area contributed by atoms with Crippen molar-refractivity contribution in [2.45, 2.75) is 51.4 Å². The van der Waals surface area contributed by atoms with Gasteiger partial charge in [-0.25, -0.2) is 8.42 Å². The van der Waals surface area contributed by atoms with Gasteiger partial charge in [0.05, 0.1) is 11.7 Å². The first-order valence-corrected chi connectivity index (χ1v) is 9.64. The Hall–Kier alpha value is -1.89. The molecule has 25 heavy (non-hydrogen) atoms. The van der Waals surface area contributed by atoms with E-state index in [2.05, 4.69) is 0 Å². The van der Waals surface area contributed by atoms with E-state index in [0.29, 0.717) is 0 Å². The van der Waals surface area contributed by atoms with Gasteiger partial charge in [0.2, 0.25) is 0 Å². The van der Waals surface area contributed by atoms with Gasteiger partial charge in [0, 0.05) is 0 Å². The molecule has 0 spiro atoms. The first-order valence-electron chi connectivity index (χ1n) is 7.99. The summed E-state index contributed by atoms with van der Waals surface area (Å²) in [6.45, 7) is 7.33. The maximum atomic E-state index is 12.6. The normalized spacial score (nSPS) is 14.0. The molecular formula is C18H26O6S. The maximum Gasteiger partial charge on any atom is 0.324 e. The van der Waals surface area contributed by atoms with Gasteiger partial charge in [-0.1, -0.05) is 30.3 Å². The zero-order chi connectivity index (χ0) is 19.5. The van der Waals surface area contributed by atoms with Gasteiger partial charge < -0.3 is 9.84 Å². The van der Waals surface area contributed by atoms with Crippen LogP contribution < -0.4 is 0 Å². The summed E-state index contributed by atoms with van der Waals surface area (Å²) in [6, 6.07) is 8.96. The quantitative estimate of drug-likeness (QED) is 0.741. The second kappa shape index (κ2) is 7.56. The molecule has 0 amide bonds. The third kappa shape index (κ3) is 5.85. The fraction of sp³-hybridized carbons (Fsp3) is 0.556. The Bertz CT molecular complexity index is 714. The molecular weight excluding hydrogens is 344 g/mol. The molecule has 1 aromatic carbocycles. The fourth-order valence-corrected chi connectivity index (χ4v) is 3.57. The van der Waals surface area contributed by atoms with Gasteiger partial charge in [-0.05, 0) is 46.6 Å². The van der Waals surface area contributed by atoms with Crippen LogP contribution in [0.15, 0.2) is 30.3 Å². The van der Waals surface area contributed by atoms with Crippen LogP contribution in [0.3, 0.4) is 0 Å². The molecule has 1 unspecified atom stereocenters.